The number of guanidine groups is 1. The number of likely N-dealkylation sites (tertiary alicyclic amines) is 1. The number of nitrogens with one attached hydrogen (secondary N) is 1. The van der Waals surface area contributed by atoms with E-state index in [2.05, 4.69) is 47.5 Å². The standard InChI is InChI=1S/C24H37N3O2S/c1-2-25-23(26-19-24(13-14-24)30-22-9-4-3-5-10-22)27-15-11-20(12-16-27)29-18-21-8-6-7-17-28-21/h3-5,9-10,20-21H,2,6-8,11-19H2,1H3,(H,25,26). The summed E-state index contributed by atoms with van der Waals surface area (Å²) in [5.74, 6) is 1.08. The van der Waals surface area contributed by atoms with Crippen molar-refractivity contribution in [1.29, 1.82) is 0 Å². The van der Waals surface area contributed by atoms with Crippen molar-refractivity contribution in [3.63, 3.8) is 0 Å². The van der Waals surface area contributed by atoms with Gasteiger partial charge in [-0.05, 0) is 64.0 Å². The molecule has 3 aliphatic rings. The first-order valence-corrected chi connectivity index (χ1v) is 12.6. The fourth-order valence-electron chi connectivity index (χ4n) is 4.23. The third kappa shape index (κ3) is 6.38. The second kappa shape index (κ2) is 10.9. The predicted octanol–water partition coefficient (Wildman–Crippen LogP) is 4.33. The molecule has 2 aliphatic heterocycles. The van der Waals surface area contributed by atoms with E-state index in [0.29, 0.717) is 17.0 Å². The Morgan fingerprint density at radius 3 is 2.67 bits per heavy atom. The van der Waals surface area contributed by atoms with Gasteiger partial charge in [-0.3, -0.25) is 4.99 Å². The Labute approximate surface area is 186 Å². The van der Waals surface area contributed by atoms with Crippen LogP contribution in [-0.4, -0.2) is 67.2 Å². The van der Waals surface area contributed by atoms with Gasteiger partial charge in [-0.2, -0.15) is 0 Å². The van der Waals surface area contributed by atoms with Crippen LogP contribution in [0.15, 0.2) is 40.2 Å². The highest BCUT2D eigenvalue weighted by Gasteiger charge is 2.43. The van der Waals surface area contributed by atoms with E-state index in [1.54, 1.807) is 0 Å². The van der Waals surface area contributed by atoms with Crippen molar-refractivity contribution in [1.82, 2.24) is 10.2 Å². The first kappa shape index (κ1) is 22.0. The third-order valence-corrected chi connectivity index (χ3v) is 7.75. The van der Waals surface area contributed by atoms with E-state index in [-0.39, 0.29) is 0 Å². The van der Waals surface area contributed by atoms with E-state index in [1.165, 1.54) is 30.6 Å². The molecule has 166 valence electrons. The minimum atomic E-state index is 0.295. The predicted molar refractivity (Wildman–Crippen MR) is 124 cm³/mol. The minimum absolute atomic E-state index is 0.295. The molecule has 2 heterocycles. The van der Waals surface area contributed by atoms with Gasteiger partial charge in [-0.25, -0.2) is 0 Å². The van der Waals surface area contributed by atoms with Crippen molar-refractivity contribution in [3.8, 4) is 0 Å². The molecule has 0 aromatic heterocycles. The molecule has 3 fully saturated rings. The van der Waals surface area contributed by atoms with Gasteiger partial charge in [0.25, 0.3) is 0 Å². The molecular formula is C24H37N3O2S. The third-order valence-electron chi connectivity index (χ3n) is 6.27. The summed E-state index contributed by atoms with van der Waals surface area (Å²) in [6, 6.07) is 10.8. The lowest BCUT2D eigenvalue weighted by Gasteiger charge is -2.35. The van der Waals surface area contributed by atoms with Crippen LogP contribution in [0.5, 0.6) is 0 Å². The Morgan fingerprint density at radius 2 is 2.00 bits per heavy atom. The van der Waals surface area contributed by atoms with Gasteiger partial charge in [-0.1, -0.05) is 18.2 Å². The van der Waals surface area contributed by atoms with Gasteiger partial charge in [-0.15, -0.1) is 11.8 Å². The molecule has 0 radical (unpaired) electrons. The number of piperidine rings is 1. The fraction of sp³-hybridized carbons (Fsp3) is 0.708. The lowest BCUT2D eigenvalue weighted by molar-refractivity contribution is -0.0721. The van der Waals surface area contributed by atoms with Gasteiger partial charge in [0.2, 0.25) is 0 Å². The quantitative estimate of drug-likeness (QED) is 0.490. The van der Waals surface area contributed by atoms with Crippen LogP contribution in [0.1, 0.15) is 51.9 Å². The number of nitrogens with zero attached hydrogens (tertiary/aromatic N) is 2. The fourth-order valence-corrected chi connectivity index (χ4v) is 5.46. The second-order valence-electron chi connectivity index (χ2n) is 8.78. The summed E-state index contributed by atoms with van der Waals surface area (Å²) in [7, 11) is 0. The summed E-state index contributed by atoms with van der Waals surface area (Å²) >= 11 is 2.00. The maximum Gasteiger partial charge on any atom is 0.193 e. The highest BCUT2D eigenvalue weighted by Crippen LogP contribution is 2.51. The van der Waals surface area contributed by atoms with Crippen molar-refractivity contribution in [2.75, 3.05) is 39.4 Å². The van der Waals surface area contributed by atoms with Crippen LogP contribution >= 0.6 is 11.8 Å². The monoisotopic (exact) mass is 431 g/mol. The largest absolute Gasteiger partial charge is 0.376 e. The summed E-state index contributed by atoms with van der Waals surface area (Å²) in [4.78, 5) is 8.84. The number of ether oxygens (including phenoxy) is 2. The molecule has 5 nitrogen and oxygen atoms in total. The normalized spacial score (nSPS) is 24.6. The SMILES string of the molecule is CCNC(=NCC1(Sc2ccccc2)CC1)N1CCC(OCC2CCCCO2)CC1. The van der Waals surface area contributed by atoms with E-state index < -0.39 is 0 Å². The molecule has 1 unspecified atom stereocenters. The number of thioether (sulfide) groups is 1. The van der Waals surface area contributed by atoms with Gasteiger partial charge >= 0.3 is 0 Å². The molecule has 0 spiro atoms. The number of hydrogen-bond donors (Lipinski definition) is 1. The zero-order valence-corrected chi connectivity index (χ0v) is 19.2. The van der Waals surface area contributed by atoms with Crippen LogP contribution in [-0.2, 0) is 9.47 Å². The van der Waals surface area contributed by atoms with Crippen molar-refractivity contribution in [3.05, 3.63) is 30.3 Å². The van der Waals surface area contributed by atoms with Gasteiger partial charge < -0.3 is 19.7 Å². The molecule has 0 bridgehead atoms. The average Bonchev–Trinajstić information content (AvgIpc) is 3.56. The lowest BCUT2D eigenvalue weighted by atomic mass is 10.1. The van der Waals surface area contributed by atoms with E-state index >= 15 is 0 Å². The maximum atomic E-state index is 6.19. The Morgan fingerprint density at radius 1 is 1.20 bits per heavy atom. The van der Waals surface area contributed by atoms with E-state index in [0.717, 1.165) is 64.6 Å². The molecule has 1 aromatic carbocycles. The summed E-state index contributed by atoms with van der Waals surface area (Å²) in [5, 5.41) is 3.52. The van der Waals surface area contributed by atoms with Crippen molar-refractivity contribution in [2.24, 2.45) is 4.99 Å². The molecule has 30 heavy (non-hydrogen) atoms. The first-order valence-electron chi connectivity index (χ1n) is 11.8. The van der Waals surface area contributed by atoms with Gasteiger partial charge in [0.15, 0.2) is 5.96 Å². The Bertz CT molecular complexity index is 666. The minimum Gasteiger partial charge on any atom is -0.376 e. The molecule has 2 saturated heterocycles. The molecule has 4 rings (SSSR count). The zero-order chi connectivity index (χ0) is 20.7. The maximum absolute atomic E-state index is 6.19. The average molecular weight is 432 g/mol. The molecule has 6 heteroatoms. The van der Waals surface area contributed by atoms with Crippen molar-refractivity contribution >= 4 is 17.7 Å². The molecule has 1 saturated carbocycles. The Balaban J connectivity index is 1.25. The molecule has 1 atom stereocenters. The first-order chi connectivity index (χ1) is 14.8. The topological polar surface area (TPSA) is 46.1 Å². The highest BCUT2D eigenvalue weighted by atomic mass is 32.2. The summed E-state index contributed by atoms with van der Waals surface area (Å²) in [6.45, 7) is 7.65. The lowest BCUT2D eigenvalue weighted by Crippen LogP contribution is -2.47. The van der Waals surface area contributed by atoms with Crippen LogP contribution in [0.2, 0.25) is 0 Å². The van der Waals surface area contributed by atoms with Gasteiger partial charge in [0.1, 0.15) is 0 Å². The number of aliphatic imine (C=N–C) groups is 1. The highest BCUT2D eigenvalue weighted by molar-refractivity contribution is 8.01. The number of hydrogen-bond acceptors (Lipinski definition) is 4. The summed E-state index contributed by atoms with van der Waals surface area (Å²) in [5.41, 5.74) is 0. The number of benzene rings is 1. The van der Waals surface area contributed by atoms with Crippen molar-refractivity contribution < 1.29 is 9.47 Å². The van der Waals surface area contributed by atoms with Gasteiger partial charge in [0.05, 0.1) is 25.4 Å². The van der Waals surface area contributed by atoms with Gasteiger partial charge in [0, 0.05) is 35.9 Å². The van der Waals surface area contributed by atoms with E-state index in [9.17, 15) is 0 Å². The molecule has 1 aromatic rings. The molecule has 1 N–H and O–H groups in total. The van der Waals surface area contributed by atoms with E-state index in [4.69, 9.17) is 14.5 Å². The molecule has 0 amide bonds. The van der Waals surface area contributed by atoms with E-state index in [1.807, 2.05) is 11.8 Å². The zero-order valence-electron chi connectivity index (χ0n) is 18.4. The van der Waals surface area contributed by atoms with Crippen molar-refractivity contribution in [2.45, 2.75) is 73.7 Å². The molecular weight excluding hydrogens is 394 g/mol. The Kier molecular flexibility index (Phi) is 7.96. The second-order valence-corrected chi connectivity index (χ2v) is 10.3. The summed E-state index contributed by atoms with van der Waals surface area (Å²) < 4.78 is 12.3. The van der Waals surface area contributed by atoms with Crippen LogP contribution in [0.25, 0.3) is 0 Å². The van der Waals surface area contributed by atoms with Crippen LogP contribution in [0.3, 0.4) is 0 Å². The van der Waals surface area contributed by atoms with Crippen LogP contribution in [0, 0.1) is 0 Å². The Hall–Kier alpha value is -1.24. The smallest absolute Gasteiger partial charge is 0.193 e. The number of rotatable bonds is 8. The molecule has 1 aliphatic carbocycles. The van der Waals surface area contributed by atoms with Crippen LogP contribution in [0.4, 0.5) is 0 Å². The summed E-state index contributed by atoms with van der Waals surface area (Å²) in [6.07, 6.45) is 8.96. The van der Waals surface area contributed by atoms with Crippen LogP contribution < -0.4 is 5.32 Å².